The quantitative estimate of drug-likeness (QED) is 0.205. The Bertz CT molecular complexity index is 1300. The minimum absolute atomic E-state index is 0.251. The van der Waals surface area contributed by atoms with Crippen molar-refractivity contribution in [3.05, 3.63) is 77.6 Å². The minimum Gasteiger partial charge on any atom is -0.475 e. The zero-order valence-electron chi connectivity index (χ0n) is 19.7. The molecule has 2 heterocycles. The number of pyridine rings is 2. The molecule has 2 aromatic carbocycles. The van der Waals surface area contributed by atoms with Gasteiger partial charge in [0, 0.05) is 41.7 Å². The van der Waals surface area contributed by atoms with Gasteiger partial charge in [-0.1, -0.05) is 24.3 Å². The van der Waals surface area contributed by atoms with Crippen LogP contribution in [0.25, 0.3) is 21.7 Å². The van der Waals surface area contributed by atoms with E-state index < -0.39 is 18.3 Å². The van der Waals surface area contributed by atoms with Crippen molar-refractivity contribution in [2.45, 2.75) is 32.2 Å². The number of para-hydroxylation sites is 1. The maximum Gasteiger partial charge on any atom is 0.416 e. The number of benzene rings is 2. The van der Waals surface area contributed by atoms with Gasteiger partial charge in [-0.05, 0) is 54.8 Å². The molecule has 4 rings (SSSR count). The Kier molecular flexibility index (Phi) is 8.69. The third-order valence-corrected chi connectivity index (χ3v) is 5.72. The molecule has 0 aliphatic heterocycles. The summed E-state index contributed by atoms with van der Waals surface area (Å²) < 4.78 is 50.5. The van der Waals surface area contributed by atoms with Crippen LogP contribution in [0.3, 0.4) is 0 Å². The molecule has 0 saturated carbocycles. The van der Waals surface area contributed by atoms with E-state index in [1.165, 1.54) is 0 Å². The fourth-order valence-electron chi connectivity index (χ4n) is 3.98. The van der Waals surface area contributed by atoms with Crippen LogP contribution in [0.1, 0.15) is 29.5 Å². The van der Waals surface area contributed by atoms with E-state index in [1.807, 2.05) is 36.5 Å². The van der Waals surface area contributed by atoms with Crippen LogP contribution in [0.5, 0.6) is 5.88 Å². The molecule has 0 fully saturated rings. The minimum atomic E-state index is -4.43. The first-order valence-corrected chi connectivity index (χ1v) is 11.8. The fraction of sp³-hybridized carbons (Fsp3) is 0.333. The van der Waals surface area contributed by atoms with Crippen LogP contribution in [-0.2, 0) is 24.1 Å². The lowest BCUT2D eigenvalue weighted by Gasteiger charge is -2.12. The van der Waals surface area contributed by atoms with Crippen molar-refractivity contribution in [1.82, 2.24) is 15.3 Å². The first-order chi connectivity index (χ1) is 17.5. The third kappa shape index (κ3) is 6.69. The molecule has 0 aliphatic rings. The number of rotatable bonds is 12. The Hall–Kier alpha value is -3.27. The molecule has 0 bridgehead atoms. The molecule has 6 nitrogen and oxygen atoms in total. The second-order valence-corrected chi connectivity index (χ2v) is 8.39. The van der Waals surface area contributed by atoms with Crippen molar-refractivity contribution in [3.63, 3.8) is 0 Å². The summed E-state index contributed by atoms with van der Waals surface area (Å²) in [4.78, 5) is 8.86. The maximum absolute atomic E-state index is 13.0. The van der Waals surface area contributed by atoms with Crippen molar-refractivity contribution in [2.75, 3.05) is 26.4 Å². The Labute approximate surface area is 207 Å². The summed E-state index contributed by atoms with van der Waals surface area (Å²) in [5.74, 6) is 0.554. The van der Waals surface area contributed by atoms with Gasteiger partial charge in [0.15, 0.2) is 0 Å². The Balaban J connectivity index is 1.15. The molecule has 9 heteroatoms. The Morgan fingerprint density at radius 1 is 0.889 bits per heavy atom. The number of hydrogen-bond donors (Lipinski definition) is 2. The molecular weight excluding hydrogens is 471 g/mol. The van der Waals surface area contributed by atoms with Crippen LogP contribution in [0.2, 0.25) is 0 Å². The molecule has 0 aliphatic carbocycles. The maximum atomic E-state index is 13.0. The monoisotopic (exact) mass is 499 g/mol. The molecule has 0 unspecified atom stereocenters. The van der Waals surface area contributed by atoms with Crippen LogP contribution >= 0.6 is 0 Å². The van der Waals surface area contributed by atoms with Gasteiger partial charge in [-0.2, -0.15) is 13.2 Å². The van der Waals surface area contributed by atoms with Gasteiger partial charge in [0.05, 0.1) is 24.3 Å². The predicted octanol–water partition coefficient (Wildman–Crippen LogP) is 5.26. The predicted molar refractivity (Wildman–Crippen MR) is 132 cm³/mol. The number of fused-ring (bicyclic) bond motifs is 3. The lowest BCUT2D eigenvalue weighted by Crippen LogP contribution is -2.17. The number of alkyl halides is 3. The van der Waals surface area contributed by atoms with Crippen LogP contribution < -0.4 is 10.1 Å². The van der Waals surface area contributed by atoms with Gasteiger partial charge < -0.3 is 19.9 Å². The van der Waals surface area contributed by atoms with E-state index in [0.717, 1.165) is 46.6 Å². The highest BCUT2D eigenvalue weighted by molar-refractivity contribution is 6.07. The average molecular weight is 500 g/mol. The van der Waals surface area contributed by atoms with Crippen molar-refractivity contribution in [1.29, 1.82) is 0 Å². The van der Waals surface area contributed by atoms with Gasteiger partial charge in [0.2, 0.25) is 5.88 Å². The van der Waals surface area contributed by atoms with E-state index >= 15 is 0 Å². The number of aliphatic hydroxyl groups excluding tert-OH is 1. The van der Waals surface area contributed by atoms with Crippen molar-refractivity contribution in [3.8, 4) is 5.88 Å². The summed E-state index contributed by atoms with van der Waals surface area (Å²) >= 11 is 0. The van der Waals surface area contributed by atoms with Gasteiger partial charge in [-0.3, -0.25) is 4.98 Å². The van der Waals surface area contributed by atoms with Gasteiger partial charge in [0.1, 0.15) is 6.61 Å². The fourth-order valence-corrected chi connectivity index (χ4v) is 3.98. The topological polar surface area (TPSA) is 76.5 Å². The number of aliphatic hydroxyl groups is 1. The van der Waals surface area contributed by atoms with Gasteiger partial charge >= 0.3 is 6.18 Å². The number of nitrogens with one attached hydrogen (secondary N) is 1. The van der Waals surface area contributed by atoms with Crippen molar-refractivity contribution >= 4 is 21.7 Å². The summed E-state index contributed by atoms with van der Waals surface area (Å²) in [6.45, 7) is 1.85. The second kappa shape index (κ2) is 12.1. The smallest absolute Gasteiger partial charge is 0.416 e. The largest absolute Gasteiger partial charge is 0.475 e. The molecule has 2 N–H and O–H groups in total. The standard InChI is InChI=1S/C27H28F3N3O3/c28-27(29,30)21-14-19(13-20(15-21)18-34)16-31-8-3-4-10-35-11-12-36-26-23-7-9-32-17-24(23)22-5-1-2-6-25(22)33-26/h1-2,5-7,9,13-15,17,31,34H,3-4,8,10-12,16,18H2. The molecule has 0 saturated heterocycles. The third-order valence-electron chi connectivity index (χ3n) is 5.72. The van der Waals surface area contributed by atoms with Crippen LogP contribution in [0.15, 0.2) is 60.9 Å². The molecule has 0 radical (unpaired) electrons. The highest BCUT2D eigenvalue weighted by Gasteiger charge is 2.31. The van der Waals surface area contributed by atoms with Crippen LogP contribution in [0.4, 0.5) is 13.2 Å². The highest BCUT2D eigenvalue weighted by Crippen LogP contribution is 2.31. The van der Waals surface area contributed by atoms with Crippen molar-refractivity contribution in [2.24, 2.45) is 0 Å². The normalized spacial score (nSPS) is 11.9. The van der Waals surface area contributed by atoms with Crippen LogP contribution in [-0.4, -0.2) is 41.4 Å². The molecule has 0 atom stereocenters. The van der Waals surface area contributed by atoms with E-state index in [0.29, 0.717) is 44.4 Å². The lowest BCUT2D eigenvalue weighted by molar-refractivity contribution is -0.137. The molecule has 36 heavy (non-hydrogen) atoms. The molecule has 0 spiro atoms. The van der Waals surface area contributed by atoms with Crippen LogP contribution in [0, 0.1) is 0 Å². The summed E-state index contributed by atoms with van der Waals surface area (Å²) in [5, 5.41) is 15.3. The summed E-state index contributed by atoms with van der Waals surface area (Å²) in [5.41, 5.74) is 0.845. The Morgan fingerprint density at radius 3 is 2.56 bits per heavy atom. The zero-order valence-corrected chi connectivity index (χ0v) is 19.7. The number of hydrogen-bond acceptors (Lipinski definition) is 6. The van der Waals surface area contributed by atoms with Gasteiger partial charge in [-0.15, -0.1) is 0 Å². The molecule has 0 amide bonds. The molecule has 190 valence electrons. The summed E-state index contributed by atoms with van der Waals surface area (Å²) in [6.07, 6.45) is 0.719. The number of aromatic nitrogens is 2. The van der Waals surface area contributed by atoms with E-state index in [1.54, 1.807) is 12.3 Å². The number of ether oxygens (including phenoxy) is 2. The average Bonchev–Trinajstić information content (AvgIpc) is 2.89. The summed E-state index contributed by atoms with van der Waals surface area (Å²) in [7, 11) is 0. The van der Waals surface area contributed by atoms with Gasteiger partial charge in [-0.25, -0.2) is 4.98 Å². The van der Waals surface area contributed by atoms with E-state index in [4.69, 9.17) is 9.47 Å². The number of nitrogens with zero attached hydrogens (tertiary/aromatic N) is 2. The highest BCUT2D eigenvalue weighted by atomic mass is 19.4. The lowest BCUT2D eigenvalue weighted by atomic mass is 10.1. The zero-order chi connectivity index (χ0) is 25.4. The molecular formula is C27H28F3N3O3. The van der Waals surface area contributed by atoms with E-state index in [-0.39, 0.29) is 5.56 Å². The number of unbranched alkanes of at least 4 members (excludes halogenated alkanes) is 1. The van der Waals surface area contributed by atoms with E-state index in [9.17, 15) is 18.3 Å². The first kappa shape index (κ1) is 25.8. The molecule has 4 aromatic rings. The van der Waals surface area contributed by atoms with Crippen molar-refractivity contribution < 1.29 is 27.8 Å². The van der Waals surface area contributed by atoms with E-state index in [2.05, 4.69) is 15.3 Å². The molecule has 2 aromatic heterocycles. The van der Waals surface area contributed by atoms with Gasteiger partial charge in [0.25, 0.3) is 0 Å². The SMILES string of the molecule is OCc1cc(CNCCCCOCCOc2nc3ccccc3c3cnccc23)cc(C(F)(F)F)c1. The Morgan fingerprint density at radius 2 is 1.72 bits per heavy atom. The first-order valence-electron chi connectivity index (χ1n) is 11.8. The second-order valence-electron chi connectivity index (χ2n) is 8.39. The number of halogens is 3. The summed E-state index contributed by atoms with van der Waals surface area (Å²) in [6, 6.07) is 13.4.